The summed E-state index contributed by atoms with van der Waals surface area (Å²) in [7, 11) is 0. The van der Waals surface area contributed by atoms with E-state index in [1.165, 1.54) is 6.07 Å². The first-order valence-electron chi connectivity index (χ1n) is 6.39. The fourth-order valence-corrected chi connectivity index (χ4v) is 1.99. The minimum Gasteiger partial charge on any atom is -0.398 e. The highest BCUT2D eigenvalue weighted by molar-refractivity contribution is 5.99. The van der Waals surface area contributed by atoms with Crippen LogP contribution in [-0.4, -0.2) is 18.5 Å². The van der Waals surface area contributed by atoms with Crippen molar-refractivity contribution in [2.75, 3.05) is 17.2 Å². The van der Waals surface area contributed by atoms with Gasteiger partial charge in [0.25, 0.3) is 5.91 Å². The van der Waals surface area contributed by atoms with Crippen LogP contribution in [0.25, 0.3) is 0 Å². The molecule has 1 aromatic rings. The zero-order valence-electron chi connectivity index (χ0n) is 11.9. The van der Waals surface area contributed by atoms with Crippen LogP contribution < -0.4 is 16.4 Å². The number of primary amides is 1. The van der Waals surface area contributed by atoms with Crippen molar-refractivity contribution in [1.82, 2.24) is 0 Å². The maximum absolute atomic E-state index is 14.1. The van der Waals surface area contributed by atoms with Gasteiger partial charge in [0.05, 0.1) is 11.3 Å². The molecule has 1 rings (SSSR count). The molecular weight excluding hydrogens is 245 g/mol. The lowest BCUT2D eigenvalue weighted by molar-refractivity contribution is 0.100. The maximum Gasteiger partial charge on any atom is 0.250 e. The third-order valence-corrected chi connectivity index (χ3v) is 2.88. The van der Waals surface area contributed by atoms with E-state index in [0.29, 0.717) is 18.2 Å². The third kappa shape index (κ3) is 3.59. The van der Waals surface area contributed by atoms with E-state index in [0.717, 1.165) is 6.07 Å². The fourth-order valence-electron chi connectivity index (χ4n) is 1.99. The minimum atomic E-state index is -0.646. The van der Waals surface area contributed by atoms with Gasteiger partial charge in [0.2, 0.25) is 0 Å². The van der Waals surface area contributed by atoms with E-state index in [1.807, 2.05) is 18.7 Å². The molecule has 0 fully saturated rings. The number of nitrogens with two attached hydrogens (primary N) is 2. The molecule has 0 spiro atoms. The van der Waals surface area contributed by atoms with Crippen LogP contribution in [0.4, 0.5) is 15.8 Å². The van der Waals surface area contributed by atoms with E-state index in [1.54, 1.807) is 0 Å². The number of amides is 1. The molecule has 0 bridgehead atoms. The lowest BCUT2D eigenvalue weighted by Crippen LogP contribution is -2.35. The summed E-state index contributed by atoms with van der Waals surface area (Å²) >= 11 is 0. The molecule has 5 heteroatoms. The van der Waals surface area contributed by atoms with Gasteiger partial charge >= 0.3 is 0 Å². The molecule has 0 aliphatic carbocycles. The lowest BCUT2D eigenvalue weighted by Gasteiger charge is -2.31. The first-order valence-corrected chi connectivity index (χ1v) is 6.39. The molecule has 0 aliphatic heterocycles. The molecular formula is C14H22FN3O. The molecule has 4 N–H and O–H groups in total. The number of benzene rings is 1. The molecule has 0 heterocycles. The van der Waals surface area contributed by atoms with Gasteiger partial charge in [0.15, 0.2) is 0 Å². The quantitative estimate of drug-likeness (QED) is 0.804. The molecule has 0 atom stereocenters. The van der Waals surface area contributed by atoms with E-state index in [-0.39, 0.29) is 17.3 Å². The van der Waals surface area contributed by atoms with E-state index in [9.17, 15) is 9.18 Å². The number of hydrogen-bond donors (Lipinski definition) is 2. The number of nitrogens with zero attached hydrogens (tertiary/aromatic N) is 1. The molecule has 0 aliphatic rings. The van der Waals surface area contributed by atoms with Crippen LogP contribution in [0.1, 0.15) is 38.1 Å². The summed E-state index contributed by atoms with van der Waals surface area (Å²) in [5, 5.41) is 0. The molecule has 0 aromatic heterocycles. The maximum atomic E-state index is 14.1. The number of rotatable bonds is 5. The molecule has 1 aromatic carbocycles. The molecule has 0 unspecified atom stereocenters. The normalized spacial score (nSPS) is 11.1. The molecule has 4 nitrogen and oxygen atoms in total. The number of nitrogen functional groups attached to an aromatic ring is 1. The van der Waals surface area contributed by atoms with E-state index >= 15 is 0 Å². The third-order valence-electron chi connectivity index (χ3n) is 2.88. The Balaban J connectivity index is 3.29. The van der Waals surface area contributed by atoms with E-state index < -0.39 is 11.7 Å². The van der Waals surface area contributed by atoms with Gasteiger partial charge in [-0.25, -0.2) is 4.39 Å². The number of hydrogen-bond acceptors (Lipinski definition) is 3. The predicted molar refractivity (Wildman–Crippen MR) is 76.7 cm³/mol. The molecule has 0 radical (unpaired) electrons. The summed E-state index contributed by atoms with van der Waals surface area (Å²) in [5.74, 6) is -0.708. The van der Waals surface area contributed by atoms with E-state index in [4.69, 9.17) is 11.5 Å². The largest absolute Gasteiger partial charge is 0.398 e. The van der Waals surface area contributed by atoms with Crippen LogP contribution in [0.5, 0.6) is 0 Å². The predicted octanol–water partition coefficient (Wildman–Crippen LogP) is 2.38. The zero-order valence-corrected chi connectivity index (χ0v) is 11.9. The Morgan fingerprint density at radius 1 is 1.32 bits per heavy atom. The average Bonchev–Trinajstić information content (AvgIpc) is 2.25. The van der Waals surface area contributed by atoms with Gasteiger partial charge in [-0.3, -0.25) is 4.79 Å². The standard InChI is InChI=1S/C14H22FN3O/c1-8(2)7-18(9(3)4)13-5-10(14(17)19)12(16)6-11(13)15/h5-6,8-9H,7,16H2,1-4H3,(H2,17,19). The van der Waals surface area contributed by atoms with Crippen LogP contribution in [0.3, 0.4) is 0 Å². The Morgan fingerprint density at radius 2 is 1.89 bits per heavy atom. The van der Waals surface area contributed by atoms with Crippen molar-refractivity contribution < 1.29 is 9.18 Å². The van der Waals surface area contributed by atoms with Gasteiger partial charge in [-0.15, -0.1) is 0 Å². The summed E-state index contributed by atoms with van der Waals surface area (Å²) in [4.78, 5) is 13.2. The second-order valence-electron chi connectivity index (χ2n) is 5.40. The Morgan fingerprint density at radius 3 is 2.32 bits per heavy atom. The Hall–Kier alpha value is -1.78. The second kappa shape index (κ2) is 5.91. The number of carbonyl (C=O) groups is 1. The zero-order chi connectivity index (χ0) is 14.7. The molecule has 1 amide bonds. The van der Waals surface area contributed by atoms with Crippen LogP contribution in [0.2, 0.25) is 0 Å². The van der Waals surface area contributed by atoms with Crippen LogP contribution in [-0.2, 0) is 0 Å². The summed E-state index contributed by atoms with van der Waals surface area (Å²) in [6, 6.07) is 2.71. The molecule has 0 saturated carbocycles. The Labute approximate surface area is 113 Å². The summed E-state index contributed by atoms with van der Waals surface area (Å²) in [6.45, 7) is 8.75. The van der Waals surface area contributed by atoms with Crippen molar-refractivity contribution in [2.24, 2.45) is 11.7 Å². The van der Waals surface area contributed by atoms with Crippen LogP contribution in [0, 0.1) is 11.7 Å². The van der Waals surface area contributed by atoms with Gasteiger partial charge in [0, 0.05) is 18.3 Å². The van der Waals surface area contributed by atoms with Gasteiger partial charge in [0.1, 0.15) is 5.82 Å². The second-order valence-corrected chi connectivity index (χ2v) is 5.40. The van der Waals surface area contributed by atoms with Gasteiger partial charge in [-0.05, 0) is 31.9 Å². The SMILES string of the molecule is CC(C)CN(c1cc(C(N)=O)c(N)cc1F)C(C)C. The molecule has 106 valence electrons. The topological polar surface area (TPSA) is 72.3 Å². The highest BCUT2D eigenvalue weighted by atomic mass is 19.1. The highest BCUT2D eigenvalue weighted by Crippen LogP contribution is 2.27. The average molecular weight is 267 g/mol. The van der Waals surface area contributed by atoms with Crippen molar-refractivity contribution in [2.45, 2.75) is 33.7 Å². The highest BCUT2D eigenvalue weighted by Gasteiger charge is 2.19. The van der Waals surface area contributed by atoms with E-state index in [2.05, 4.69) is 13.8 Å². The Kier molecular flexibility index (Phi) is 4.75. The molecule has 0 saturated heterocycles. The van der Waals surface area contributed by atoms with Crippen molar-refractivity contribution >= 4 is 17.3 Å². The Bertz CT molecular complexity index is 472. The smallest absolute Gasteiger partial charge is 0.250 e. The fraction of sp³-hybridized carbons (Fsp3) is 0.500. The summed E-state index contributed by atoms with van der Waals surface area (Å²) < 4.78 is 14.1. The lowest BCUT2D eigenvalue weighted by atomic mass is 10.1. The monoisotopic (exact) mass is 267 g/mol. The summed E-state index contributed by atoms with van der Waals surface area (Å²) in [6.07, 6.45) is 0. The van der Waals surface area contributed by atoms with Crippen molar-refractivity contribution in [3.63, 3.8) is 0 Å². The van der Waals surface area contributed by atoms with Crippen molar-refractivity contribution in [1.29, 1.82) is 0 Å². The first-order chi connectivity index (χ1) is 8.73. The van der Waals surface area contributed by atoms with Crippen molar-refractivity contribution in [3.05, 3.63) is 23.5 Å². The van der Waals surface area contributed by atoms with Crippen LogP contribution in [0.15, 0.2) is 12.1 Å². The molecule has 19 heavy (non-hydrogen) atoms. The number of anilines is 2. The van der Waals surface area contributed by atoms with Crippen LogP contribution >= 0.6 is 0 Å². The number of carbonyl (C=O) groups excluding carboxylic acids is 1. The van der Waals surface area contributed by atoms with Gasteiger partial charge < -0.3 is 16.4 Å². The number of halogens is 1. The van der Waals surface area contributed by atoms with Gasteiger partial charge in [-0.2, -0.15) is 0 Å². The van der Waals surface area contributed by atoms with Gasteiger partial charge in [-0.1, -0.05) is 13.8 Å². The first kappa shape index (κ1) is 15.3. The minimum absolute atomic E-state index is 0.0713. The van der Waals surface area contributed by atoms with Crippen molar-refractivity contribution in [3.8, 4) is 0 Å². The summed E-state index contributed by atoms with van der Waals surface area (Å²) in [5.41, 5.74) is 11.5.